The molecule has 0 radical (unpaired) electrons. The molecule has 1 aliphatic heterocycles. The number of esters is 1. The number of methoxy groups -OCH3 is 1. The topological polar surface area (TPSA) is 85.3 Å². The summed E-state index contributed by atoms with van der Waals surface area (Å²) < 4.78 is 4.97. The van der Waals surface area contributed by atoms with Crippen molar-refractivity contribution in [2.45, 2.75) is 38.1 Å². The number of hydrogen-bond donors (Lipinski definition) is 0. The molecule has 1 atom stereocenters. The second-order valence-electron chi connectivity index (χ2n) is 6.97. The van der Waals surface area contributed by atoms with E-state index in [2.05, 4.69) is 15.0 Å². The molecule has 4 rings (SSSR count). The summed E-state index contributed by atoms with van der Waals surface area (Å²) >= 11 is 0. The third-order valence-corrected chi connectivity index (χ3v) is 5.51. The zero-order valence-electron chi connectivity index (χ0n) is 14.1. The Morgan fingerprint density at radius 1 is 1.16 bits per heavy atom. The predicted molar refractivity (Wildman–Crippen MR) is 89.7 cm³/mol. The summed E-state index contributed by atoms with van der Waals surface area (Å²) in [5.74, 6) is -0.548. The number of carbonyl (C=O) groups excluding carboxylic acids is 2. The normalized spacial score (nSPS) is 21.8. The first-order valence-electron chi connectivity index (χ1n) is 8.58. The summed E-state index contributed by atoms with van der Waals surface area (Å²) in [6, 6.07) is 1.11. The summed E-state index contributed by atoms with van der Waals surface area (Å²) in [6.45, 7) is 0.593. The summed E-state index contributed by atoms with van der Waals surface area (Å²) in [5, 5.41) is 0. The predicted octanol–water partition coefficient (Wildman–Crippen LogP) is 1.97. The Labute approximate surface area is 145 Å². The molecule has 2 aromatic heterocycles. The second kappa shape index (κ2) is 6.06. The first-order valence-corrected chi connectivity index (χ1v) is 8.58. The third-order valence-electron chi connectivity index (χ3n) is 5.51. The van der Waals surface area contributed by atoms with Crippen molar-refractivity contribution < 1.29 is 14.3 Å². The van der Waals surface area contributed by atoms with Gasteiger partial charge in [-0.15, -0.1) is 0 Å². The van der Waals surface area contributed by atoms with Gasteiger partial charge in [0.25, 0.3) is 5.91 Å². The van der Waals surface area contributed by atoms with Crippen LogP contribution in [0, 0.1) is 5.41 Å². The summed E-state index contributed by atoms with van der Waals surface area (Å²) in [6.07, 6.45) is 9.74. The van der Waals surface area contributed by atoms with Crippen LogP contribution in [0.25, 0.3) is 11.2 Å². The average molecular weight is 340 g/mol. The van der Waals surface area contributed by atoms with E-state index in [1.54, 1.807) is 29.6 Å². The highest BCUT2D eigenvalue weighted by Gasteiger charge is 2.50. The molecular formula is C18H20N4O3. The van der Waals surface area contributed by atoms with Crippen LogP contribution in [0.4, 0.5) is 0 Å². The molecular weight excluding hydrogens is 320 g/mol. The van der Waals surface area contributed by atoms with Gasteiger partial charge in [0.1, 0.15) is 11.6 Å². The molecule has 7 nitrogen and oxygen atoms in total. The number of pyridine rings is 1. The molecule has 2 aliphatic rings. The molecule has 25 heavy (non-hydrogen) atoms. The number of hydrogen-bond acceptors (Lipinski definition) is 6. The molecule has 1 unspecified atom stereocenters. The average Bonchev–Trinajstić information content (AvgIpc) is 3.27. The Bertz CT molecular complexity index is 827. The number of rotatable bonds is 2. The van der Waals surface area contributed by atoms with Crippen molar-refractivity contribution in [3.05, 3.63) is 30.2 Å². The largest absolute Gasteiger partial charge is 0.467 e. The molecule has 7 heteroatoms. The van der Waals surface area contributed by atoms with E-state index in [4.69, 9.17) is 4.74 Å². The first-order chi connectivity index (χ1) is 12.1. The maximum Gasteiger partial charge on any atom is 0.328 e. The van der Waals surface area contributed by atoms with Crippen LogP contribution < -0.4 is 0 Å². The van der Waals surface area contributed by atoms with Crippen molar-refractivity contribution in [3.8, 4) is 0 Å². The highest BCUT2D eigenvalue weighted by Crippen LogP contribution is 2.48. The van der Waals surface area contributed by atoms with E-state index in [1.807, 2.05) is 0 Å². The molecule has 1 amide bonds. The number of fused-ring (bicyclic) bond motifs is 1. The fraction of sp³-hybridized carbons (Fsp3) is 0.500. The first kappa shape index (κ1) is 15.9. The van der Waals surface area contributed by atoms with Crippen molar-refractivity contribution in [3.63, 3.8) is 0 Å². The molecule has 130 valence electrons. The fourth-order valence-electron chi connectivity index (χ4n) is 4.31. The lowest BCUT2D eigenvalue weighted by Crippen LogP contribution is -2.41. The quantitative estimate of drug-likeness (QED) is 0.777. The summed E-state index contributed by atoms with van der Waals surface area (Å²) in [5.41, 5.74) is 1.37. The minimum Gasteiger partial charge on any atom is -0.467 e. The maximum atomic E-state index is 13.3. The maximum absolute atomic E-state index is 13.3. The minimum atomic E-state index is -0.532. The van der Waals surface area contributed by atoms with Crippen LogP contribution in [-0.4, -0.2) is 51.4 Å². The van der Waals surface area contributed by atoms with Gasteiger partial charge in [-0.25, -0.2) is 14.8 Å². The van der Waals surface area contributed by atoms with Crippen molar-refractivity contribution in [2.75, 3.05) is 13.7 Å². The molecule has 2 fully saturated rings. The number of nitrogens with zero attached hydrogens (tertiary/aromatic N) is 4. The van der Waals surface area contributed by atoms with Gasteiger partial charge in [0, 0.05) is 25.1 Å². The number of ether oxygens (including phenoxy) is 1. The van der Waals surface area contributed by atoms with E-state index in [0.29, 0.717) is 29.7 Å². The van der Waals surface area contributed by atoms with Gasteiger partial charge in [0.2, 0.25) is 0 Å². The van der Waals surface area contributed by atoms with Gasteiger partial charge in [-0.1, -0.05) is 12.8 Å². The molecule has 3 heterocycles. The van der Waals surface area contributed by atoms with Gasteiger partial charge in [0.15, 0.2) is 5.65 Å². The summed E-state index contributed by atoms with van der Waals surface area (Å²) in [4.78, 5) is 39.8. The Hall–Kier alpha value is -2.57. The number of amides is 1. The zero-order valence-corrected chi connectivity index (χ0v) is 14.1. The van der Waals surface area contributed by atoms with Crippen molar-refractivity contribution >= 4 is 23.0 Å². The van der Waals surface area contributed by atoms with E-state index in [9.17, 15) is 9.59 Å². The lowest BCUT2D eigenvalue weighted by molar-refractivity contribution is -0.145. The second-order valence-corrected chi connectivity index (χ2v) is 6.97. The van der Waals surface area contributed by atoms with E-state index < -0.39 is 6.04 Å². The molecule has 1 saturated heterocycles. The van der Waals surface area contributed by atoms with E-state index in [1.165, 1.54) is 7.11 Å². The molecule has 2 aromatic rings. The van der Waals surface area contributed by atoms with Crippen LogP contribution in [0.5, 0.6) is 0 Å². The van der Waals surface area contributed by atoms with Gasteiger partial charge in [-0.3, -0.25) is 9.78 Å². The smallest absolute Gasteiger partial charge is 0.328 e. The van der Waals surface area contributed by atoms with Gasteiger partial charge < -0.3 is 9.64 Å². The molecule has 1 spiro atoms. The molecule has 1 aliphatic carbocycles. The molecule has 0 N–H and O–H groups in total. The van der Waals surface area contributed by atoms with Gasteiger partial charge >= 0.3 is 5.97 Å². The van der Waals surface area contributed by atoms with Crippen molar-refractivity contribution in [1.82, 2.24) is 19.9 Å². The van der Waals surface area contributed by atoms with E-state index in [0.717, 1.165) is 25.7 Å². The Morgan fingerprint density at radius 2 is 1.88 bits per heavy atom. The van der Waals surface area contributed by atoms with Crippen LogP contribution in [-0.2, 0) is 9.53 Å². The van der Waals surface area contributed by atoms with Crippen LogP contribution in [0.3, 0.4) is 0 Å². The Balaban J connectivity index is 1.72. The molecule has 0 bridgehead atoms. The minimum absolute atomic E-state index is 0.0447. The summed E-state index contributed by atoms with van der Waals surface area (Å²) in [7, 11) is 1.37. The van der Waals surface area contributed by atoms with Crippen LogP contribution >= 0.6 is 0 Å². The standard InChI is InChI=1S/C18H20N4O3/c1-25-17(24)13-10-18(5-2-3-6-18)11-22(13)16(23)12-4-7-20-15-14(12)19-8-9-21-15/h4,7-9,13H,2-3,5-6,10-11H2,1H3. The third kappa shape index (κ3) is 2.63. The monoisotopic (exact) mass is 340 g/mol. The number of likely N-dealkylation sites (tertiary alicyclic amines) is 1. The lowest BCUT2D eigenvalue weighted by atomic mass is 9.84. The highest BCUT2D eigenvalue weighted by molar-refractivity contribution is 6.05. The van der Waals surface area contributed by atoms with Crippen LogP contribution in [0.15, 0.2) is 24.7 Å². The number of aromatic nitrogens is 3. The molecule has 1 saturated carbocycles. The van der Waals surface area contributed by atoms with E-state index >= 15 is 0 Å². The molecule has 0 aromatic carbocycles. The van der Waals surface area contributed by atoms with Crippen molar-refractivity contribution in [1.29, 1.82) is 0 Å². The Kier molecular flexibility index (Phi) is 3.86. The van der Waals surface area contributed by atoms with Crippen LogP contribution in [0.1, 0.15) is 42.5 Å². The van der Waals surface area contributed by atoms with Gasteiger partial charge in [-0.05, 0) is 30.7 Å². The fourth-order valence-corrected chi connectivity index (χ4v) is 4.31. The highest BCUT2D eigenvalue weighted by atomic mass is 16.5. The number of carbonyl (C=O) groups is 2. The van der Waals surface area contributed by atoms with Gasteiger partial charge in [-0.2, -0.15) is 0 Å². The Morgan fingerprint density at radius 3 is 2.64 bits per heavy atom. The lowest BCUT2D eigenvalue weighted by Gasteiger charge is -2.24. The SMILES string of the molecule is COC(=O)C1CC2(CCCC2)CN1C(=O)c1ccnc2nccnc12. The van der Waals surface area contributed by atoms with E-state index in [-0.39, 0.29) is 17.3 Å². The van der Waals surface area contributed by atoms with Gasteiger partial charge in [0.05, 0.1) is 12.7 Å². The van der Waals surface area contributed by atoms with Crippen molar-refractivity contribution in [2.24, 2.45) is 5.41 Å². The zero-order chi connectivity index (χ0) is 17.4. The van der Waals surface area contributed by atoms with Crippen LogP contribution in [0.2, 0.25) is 0 Å².